The second-order valence-corrected chi connectivity index (χ2v) is 3.95. The third-order valence-electron chi connectivity index (χ3n) is 1.11. The Hall–Kier alpha value is 0.420. The van der Waals surface area contributed by atoms with Gasteiger partial charge in [0.15, 0.2) is 0 Å². The number of nitrogens with one attached hydrogen (secondary N) is 2. The number of hydrazine groups is 1. The van der Waals surface area contributed by atoms with Crippen LogP contribution in [-0.2, 0) is 0 Å². The van der Waals surface area contributed by atoms with Crippen LogP contribution >= 0.6 is 48.0 Å². The fourth-order valence-corrected chi connectivity index (χ4v) is 1.48. The predicted octanol–water partition coefficient (Wildman–Crippen LogP) is 3.44. The van der Waals surface area contributed by atoms with Gasteiger partial charge in [0.2, 0.25) is 0 Å². The molecule has 5 heteroatoms. The molecule has 0 heterocycles. The Morgan fingerprint density at radius 1 is 1.09 bits per heavy atom. The van der Waals surface area contributed by atoms with E-state index in [-0.39, 0.29) is 0 Å². The minimum Gasteiger partial charge on any atom is -0.312 e. The van der Waals surface area contributed by atoms with E-state index in [1.165, 1.54) is 0 Å². The molecule has 0 aliphatic carbocycles. The Bertz CT molecular complexity index is 252. The average Bonchev–Trinajstić information content (AvgIpc) is 1.98. The summed E-state index contributed by atoms with van der Waals surface area (Å²) in [6.45, 7) is 0. The zero-order valence-electron chi connectivity index (χ0n) is 5.37. The van der Waals surface area contributed by atoms with Crippen molar-refractivity contribution < 1.29 is 0 Å². The van der Waals surface area contributed by atoms with Crippen LogP contribution in [0, 0.1) is 0 Å². The summed E-state index contributed by atoms with van der Waals surface area (Å²) in [6, 6.07) is 5.86. The van der Waals surface area contributed by atoms with Gasteiger partial charge >= 0.3 is 0 Å². The van der Waals surface area contributed by atoms with Crippen molar-refractivity contribution >= 4 is 53.7 Å². The van der Waals surface area contributed by atoms with Gasteiger partial charge in [-0.1, -0.05) is 0 Å². The number of anilines is 1. The first-order chi connectivity index (χ1) is 5.24. The monoisotopic (exact) mass is 342 g/mol. The molecule has 0 amide bonds. The van der Waals surface area contributed by atoms with Gasteiger partial charge in [0.05, 0.1) is 5.69 Å². The Labute approximate surface area is 90.3 Å². The van der Waals surface area contributed by atoms with Crippen molar-refractivity contribution in [2.75, 3.05) is 5.43 Å². The van der Waals surface area contributed by atoms with Crippen molar-refractivity contribution in [3.05, 3.63) is 27.1 Å². The van der Waals surface area contributed by atoms with E-state index in [9.17, 15) is 0 Å². The number of hydrogen-bond acceptors (Lipinski definition) is 2. The van der Waals surface area contributed by atoms with Crippen LogP contribution in [0.2, 0.25) is 0 Å². The number of hydrogen-bond donors (Lipinski definition) is 2. The highest BCUT2D eigenvalue weighted by atomic mass is 79.9. The topological polar surface area (TPSA) is 24.1 Å². The fraction of sp³-hybridized carbons (Fsp3) is 0. The van der Waals surface area contributed by atoms with Crippen molar-refractivity contribution in [1.82, 2.24) is 4.45 Å². The molecule has 2 nitrogen and oxygen atoms in total. The maximum atomic E-state index is 3.39. The highest BCUT2D eigenvalue weighted by Gasteiger charge is 1.96. The quantitative estimate of drug-likeness (QED) is 0.634. The molecule has 0 aromatic heterocycles. The lowest BCUT2D eigenvalue weighted by molar-refractivity contribution is 1.24. The Morgan fingerprint density at radius 2 is 1.82 bits per heavy atom. The maximum absolute atomic E-state index is 3.39. The number of halogens is 3. The van der Waals surface area contributed by atoms with Crippen LogP contribution < -0.4 is 9.88 Å². The smallest absolute Gasteiger partial charge is 0.0508 e. The lowest BCUT2D eigenvalue weighted by Gasteiger charge is -2.03. The van der Waals surface area contributed by atoms with E-state index in [2.05, 4.69) is 57.9 Å². The van der Waals surface area contributed by atoms with Crippen LogP contribution in [0.3, 0.4) is 0 Å². The van der Waals surface area contributed by atoms with E-state index in [4.69, 9.17) is 0 Å². The predicted molar refractivity (Wildman–Crippen MR) is 57.5 cm³/mol. The van der Waals surface area contributed by atoms with Crippen molar-refractivity contribution in [2.45, 2.75) is 0 Å². The molecule has 0 bridgehead atoms. The van der Waals surface area contributed by atoms with Gasteiger partial charge in [-0.3, -0.25) is 0 Å². The summed E-state index contributed by atoms with van der Waals surface area (Å²) in [6.07, 6.45) is 0. The zero-order chi connectivity index (χ0) is 8.27. The maximum Gasteiger partial charge on any atom is 0.0508 e. The second-order valence-electron chi connectivity index (χ2n) is 1.85. The van der Waals surface area contributed by atoms with Gasteiger partial charge in [0, 0.05) is 25.1 Å². The van der Waals surface area contributed by atoms with Gasteiger partial charge in [-0.25, -0.2) is 0 Å². The van der Waals surface area contributed by atoms with E-state index in [0.29, 0.717) is 0 Å². The van der Waals surface area contributed by atoms with Crippen LogP contribution in [0.1, 0.15) is 0 Å². The number of rotatable bonds is 2. The second kappa shape index (κ2) is 4.45. The summed E-state index contributed by atoms with van der Waals surface area (Å²) in [5.41, 5.74) is 3.87. The van der Waals surface area contributed by atoms with Gasteiger partial charge < -0.3 is 5.43 Å². The van der Waals surface area contributed by atoms with E-state index < -0.39 is 0 Å². The molecule has 11 heavy (non-hydrogen) atoms. The SMILES string of the molecule is BrNNc1ccc(Br)c(Br)c1. The molecule has 0 unspecified atom stereocenters. The third-order valence-corrected chi connectivity index (χ3v) is 3.19. The largest absolute Gasteiger partial charge is 0.312 e. The van der Waals surface area contributed by atoms with E-state index >= 15 is 0 Å². The van der Waals surface area contributed by atoms with Crippen molar-refractivity contribution in [3.63, 3.8) is 0 Å². The Balaban J connectivity index is 2.86. The minimum atomic E-state index is 0.983. The summed E-state index contributed by atoms with van der Waals surface area (Å²) in [5.74, 6) is 0. The fourth-order valence-electron chi connectivity index (χ4n) is 0.628. The normalized spacial score (nSPS) is 9.73. The molecule has 0 radical (unpaired) electrons. The highest BCUT2D eigenvalue weighted by molar-refractivity contribution is 9.13. The van der Waals surface area contributed by atoms with E-state index in [0.717, 1.165) is 14.6 Å². The molecule has 0 fully saturated rings. The summed E-state index contributed by atoms with van der Waals surface area (Å²) in [5, 5.41) is 0. The molecule has 0 spiro atoms. The molecule has 1 aromatic rings. The summed E-state index contributed by atoms with van der Waals surface area (Å²) >= 11 is 9.80. The summed E-state index contributed by atoms with van der Waals surface area (Å²) in [4.78, 5) is 0. The van der Waals surface area contributed by atoms with Crippen LogP contribution in [0.25, 0.3) is 0 Å². The molecule has 0 atom stereocenters. The molecule has 0 saturated carbocycles. The molecule has 1 rings (SSSR count). The standard InChI is InChI=1S/C6H5Br3N2/c7-5-2-1-4(10-11-9)3-6(5)8/h1-3,10-11H. The van der Waals surface area contributed by atoms with Gasteiger partial charge in [-0.2, -0.15) is 4.45 Å². The lowest BCUT2D eigenvalue weighted by Crippen LogP contribution is -2.07. The van der Waals surface area contributed by atoms with Crippen LogP contribution in [0.4, 0.5) is 5.69 Å². The molecule has 60 valence electrons. The highest BCUT2D eigenvalue weighted by Crippen LogP contribution is 2.25. The Kier molecular flexibility index (Phi) is 3.84. The molecular formula is C6H5Br3N2. The molecule has 0 aliphatic rings. The minimum absolute atomic E-state index is 0.983. The zero-order valence-corrected chi connectivity index (χ0v) is 10.1. The third kappa shape index (κ3) is 2.74. The lowest BCUT2D eigenvalue weighted by atomic mass is 10.3. The summed E-state index contributed by atoms with van der Waals surface area (Å²) in [7, 11) is 0. The van der Waals surface area contributed by atoms with Crippen LogP contribution in [-0.4, -0.2) is 0 Å². The van der Waals surface area contributed by atoms with Crippen LogP contribution in [0.15, 0.2) is 27.1 Å². The molecule has 1 aromatic carbocycles. The van der Waals surface area contributed by atoms with Crippen molar-refractivity contribution in [2.24, 2.45) is 0 Å². The van der Waals surface area contributed by atoms with Crippen LogP contribution in [0.5, 0.6) is 0 Å². The Morgan fingerprint density at radius 3 is 2.36 bits per heavy atom. The van der Waals surface area contributed by atoms with Crippen molar-refractivity contribution in [1.29, 1.82) is 0 Å². The van der Waals surface area contributed by atoms with Gasteiger partial charge in [-0.15, -0.1) is 0 Å². The first-order valence-corrected chi connectivity index (χ1v) is 5.18. The van der Waals surface area contributed by atoms with E-state index in [1.807, 2.05) is 18.2 Å². The van der Waals surface area contributed by atoms with Crippen molar-refractivity contribution in [3.8, 4) is 0 Å². The molecular weight excluding hydrogens is 340 g/mol. The molecule has 2 N–H and O–H groups in total. The first kappa shape index (κ1) is 9.51. The molecule has 0 aliphatic heterocycles. The van der Waals surface area contributed by atoms with E-state index in [1.54, 1.807) is 0 Å². The average molecular weight is 345 g/mol. The van der Waals surface area contributed by atoms with Gasteiger partial charge in [0.1, 0.15) is 0 Å². The molecule has 0 saturated heterocycles. The van der Waals surface area contributed by atoms with Gasteiger partial charge in [-0.05, 0) is 50.1 Å². The number of benzene rings is 1. The first-order valence-electron chi connectivity index (χ1n) is 2.80. The summed E-state index contributed by atoms with van der Waals surface area (Å²) < 4.78 is 4.72. The van der Waals surface area contributed by atoms with Gasteiger partial charge in [0.25, 0.3) is 0 Å².